The number of esters is 1. The molecule has 26 heavy (non-hydrogen) atoms. The fourth-order valence-electron chi connectivity index (χ4n) is 2.73. The van der Waals surface area contributed by atoms with Gasteiger partial charge in [-0.2, -0.15) is 0 Å². The Morgan fingerprint density at radius 1 is 1.08 bits per heavy atom. The van der Waals surface area contributed by atoms with Crippen molar-refractivity contribution in [3.05, 3.63) is 59.7 Å². The lowest BCUT2D eigenvalue weighted by Gasteiger charge is -2.16. The molecule has 0 fully saturated rings. The molecule has 2 aromatic carbocycles. The molecule has 0 aromatic heterocycles. The van der Waals surface area contributed by atoms with Gasteiger partial charge in [-0.25, -0.2) is 4.79 Å². The Bertz CT molecular complexity index is 789. The summed E-state index contributed by atoms with van der Waals surface area (Å²) < 4.78 is 5.18. The van der Waals surface area contributed by atoms with Gasteiger partial charge in [-0.15, -0.1) is 0 Å². The SMILES string of the molecule is C=CC(=O)OC(C)Cc1ccc(O)cc1CCc1cc(O)c(O)c(O)c1. The highest BCUT2D eigenvalue weighted by Gasteiger charge is 2.13. The van der Waals surface area contributed by atoms with Gasteiger partial charge in [0.1, 0.15) is 11.9 Å². The smallest absolute Gasteiger partial charge is 0.330 e. The number of aryl methyl sites for hydroxylation is 2. The normalized spacial score (nSPS) is 11.7. The van der Waals surface area contributed by atoms with E-state index < -0.39 is 11.7 Å². The summed E-state index contributed by atoms with van der Waals surface area (Å²) in [7, 11) is 0. The maximum absolute atomic E-state index is 11.3. The third-order valence-electron chi connectivity index (χ3n) is 3.99. The third kappa shape index (κ3) is 4.92. The molecule has 0 radical (unpaired) electrons. The molecule has 0 heterocycles. The molecule has 0 spiro atoms. The van der Waals surface area contributed by atoms with Gasteiger partial charge in [0.25, 0.3) is 0 Å². The first-order valence-corrected chi connectivity index (χ1v) is 8.17. The molecular weight excluding hydrogens is 336 g/mol. The van der Waals surface area contributed by atoms with E-state index in [1.807, 2.05) is 0 Å². The summed E-state index contributed by atoms with van der Waals surface area (Å²) in [6, 6.07) is 7.74. The Morgan fingerprint density at radius 2 is 1.73 bits per heavy atom. The van der Waals surface area contributed by atoms with Crippen LogP contribution in [0.4, 0.5) is 0 Å². The van der Waals surface area contributed by atoms with Gasteiger partial charge < -0.3 is 25.2 Å². The van der Waals surface area contributed by atoms with Gasteiger partial charge in [0.2, 0.25) is 0 Å². The summed E-state index contributed by atoms with van der Waals surface area (Å²) in [6.07, 6.45) is 2.22. The van der Waals surface area contributed by atoms with Gasteiger partial charge in [-0.1, -0.05) is 12.6 Å². The minimum absolute atomic E-state index is 0.121. The zero-order chi connectivity index (χ0) is 19.3. The summed E-state index contributed by atoms with van der Waals surface area (Å²) in [4.78, 5) is 11.3. The number of phenolic OH excluding ortho intramolecular Hbond substituents is 4. The summed E-state index contributed by atoms with van der Waals surface area (Å²) in [5, 5.41) is 38.4. The molecule has 0 aliphatic rings. The lowest BCUT2D eigenvalue weighted by Crippen LogP contribution is -2.16. The highest BCUT2D eigenvalue weighted by Crippen LogP contribution is 2.35. The summed E-state index contributed by atoms with van der Waals surface area (Å²) >= 11 is 0. The van der Waals surface area contributed by atoms with Crippen molar-refractivity contribution < 1.29 is 30.0 Å². The molecule has 0 bridgehead atoms. The number of ether oxygens (including phenoxy) is 1. The van der Waals surface area contributed by atoms with E-state index in [-0.39, 0.29) is 23.4 Å². The van der Waals surface area contributed by atoms with Crippen molar-refractivity contribution in [1.82, 2.24) is 0 Å². The molecule has 0 saturated carbocycles. The van der Waals surface area contributed by atoms with E-state index in [0.717, 1.165) is 17.2 Å². The van der Waals surface area contributed by atoms with E-state index in [1.165, 1.54) is 12.1 Å². The minimum atomic E-state index is -0.551. The maximum atomic E-state index is 11.3. The highest BCUT2D eigenvalue weighted by molar-refractivity contribution is 5.81. The van der Waals surface area contributed by atoms with Gasteiger partial charge in [0.05, 0.1) is 0 Å². The second-order valence-electron chi connectivity index (χ2n) is 6.09. The molecule has 2 aromatic rings. The highest BCUT2D eigenvalue weighted by atomic mass is 16.5. The van der Waals surface area contributed by atoms with E-state index in [9.17, 15) is 25.2 Å². The molecule has 6 heteroatoms. The zero-order valence-corrected chi connectivity index (χ0v) is 14.5. The molecule has 4 N–H and O–H groups in total. The van der Waals surface area contributed by atoms with Gasteiger partial charge in [-0.05, 0) is 60.7 Å². The molecule has 138 valence electrons. The summed E-state index contributed by atoms with van der Waals surface area (Å²) in [5.74, 6) is -1.70. The molecule has 1 atom stereocenters. The van der Waals surface area contributed by atoms with Crippen LogP contribution in [0.2, 0.25) is 0 Å². The molecule has 6 nitrogen and oxygen atoms in total. The standard InChI is InChI=1S/C20H22O6/c1-3-19(24)26-12(2)8-14-6-7-16(21)11-15(14)5-4-13-9-17(22)20(25)18(23)10-13/h3,6-7,9-12,21-23,25H,1,4-5,8H2,2H3. The monoisotopic (exact) mass is 358 g/mol. The van der Waals surface area contributed by atoms with Crippen molar-refractivity contribution in [2.24, 2.45) is 0 Å². The third-order valence-corrected chi connectivity index (χ3v) is 3.99. The van der Waals surface area contributed by atoms with Crippen LogP contribution in [0, 0.1) is 0 Å². The Kier molecular flexibility index (Phi) is 6.11. The van der Waals surface area contributed by atoms with E-state index >= 15 is 0 Å². The number of aromatic hydroxyl groups is 4. The van der Waals surface area contributed by atoms with E-state index in [2.05, 4.69) is 6.58 Å². The number of phenols is 4. The van der Waals surface area contributed by atoms with Crippen LogP contribution in [0.25, 0.3) is 0 Å². The number of hydrogen-bond acceptors (Lipinski definition) is 6. The van der Waals surface area contributed by atoms with Crippen LogP contribution in [0.1, 0.15) is 23.6 Å². The van der Waals surface area contributed by atoms with Crippen LogP contribution in [-0.2, 0) is 28.8 Å². The number of carbonyl (C=O) groups excluding carboxylic acids is 1. The molecule has 0 aliphatic heterocycles. The molecule has 0 aliphatic carbocycles. The summed E-state index contributed by atoms with van der Waals surface area (Å²) in [5.41, 5.74) is 2.41. The largest absolute Gasteiger partial charge is 0.508 e. The van der Waals surface area contributed by atoms with Crippen molar-refractivity contribution in [1.29, 1.82) is 0 Å². The molecule has 0 amide bonds. The van der Waals surface area contributed by atoms with Crippen LogP contribution in [0.15, 0.2) is 43.0 Å². The zero-order valence-electron chi connectivity index (χ0n) is 14.5. The second kappa shape index (κ2) is 8.29. The quantitative estimate of drug-likeness (QED) is 0.344. The Balaban J connectivity index is 2.14. The van der Waals surface area contributed by atoms with Crippen molar-refractivity contribution in [2.75, 3.05) is 0 Å². The Morgan fingerprint density at radius 3 is 2.35 bits per heavy atom. The number of benzene rings is 2. The second-order valence-corrected chi connectivity index (χ2v) is 6.09. The molecule has 2 rings (SSSR count). The fraction of sp³-hybridized carbons (Fsp3) is 0.250. The number of carbonyl (C=O) groups is 1. The Hall–Kier alpha value is -3.15. The van der Waals surface area contributed by atoms with Crippen molar-refractivity contribution >= 4 is 5.97 Å². The van der Waals surface area contributed by atoms with Crippen LogP contribution in [0.5, 0.6) is 23.0 Å². The number of hydrogen-bond donors (Lipinski definition) is 4. The van der Waals surface area contributed by atoms with Crippen LogP contribution >= 0.6 is 0 Å². The van der Waals surface area contributed by atoms with Crippen LogP contribution < -0.4 is 0 Å². The van der Waals surface area contributed by atoms with Gasteiger partial charge in [0, 0.05) is 12.5 Å². The topological polar surface area (TPSA) is 107 Å². The minimum Gasteiger partial charge on any atom is -0.508 e. The van der Waals surface area contributed by atoms with Crippen molar-refractivity contribution in [3.63, 3.8) is 0 Å². The van der Waals surface area contributed by atoms with Crippen LogP contribution in [-0.4, -0.2) is 32.5 Å². The summed E-state index contributed by atoms with van der Waals surface area (Å²) in [6.45, 7) is 5.14. The lowest BCUT2D eigenvalue weighted by molar-refractivity contribution is -0.142. The average molecular weight is 358 g/mol. The van der Waals surface area contributed by atoms with E-state index in [4.69, 9.17) is 4.74 Å². The first-order chi connectivity index (χ1) is 12.3. The van der Waals surface area contributed by atoms with Crippen molar-refractivity contribution in [3.8, 4) is 23.0 Å². The van der Waals surface area contributed by atoms with Crippen LogP contribution in [0.3, 0.4) is 0 Å². The Labute approximate surface area is 151 Å². The van der Waals surface area contributed by atoms with Gasteiger partial charge in [-0.3, -0.25) is 0 Å². The molecule has 1 unspecified atom stereocenters. The first kappa shape index (κ1) is 19.2. The van der Waals surface area contributed by atoms with Crippen molar-refractivity contribution in [2.45, 2.75) is 32.3 Å². The predicted molar refractivity (Wildman–Crippen MR) is 96.4 cm³/mol. The van der Waals surface area contributed by atoms with E-state index in [1.54, 1.807) is 25.1 Å². The van der Waals surface area contributed by atoms with Gasteiger partial charge >= 0.3 is 5.97 Å². The predicted octanol–water partition coefficient (Wildman–Crippen LogP) is 2.95. The lowest BCUT2D eigenvalue weighted by atomic mass is 9.96. The molecular formula is C20H22O6. The van der Waals surface area contributed by atoms with Gasteiger partial charge in [0.15, 0.2) is 17.2 Å². The average Bonchev–Trinajstić information content (AvgIpc) is 2.59. The number of rotatable bonds is 7. The first-order valence-electron chi connectivity index (χ1n) is 8.17. The maximum Gasteiger partial charge on any atom is 0.330 e. The van der Waals surface area contributed by atoms with E-state index in [0.29, 0.717) is 24.8 Å². The fourth-order valence-corrected chi connectivity index (χ4v) is 2.73. The molecule has 0 saturated heterocycles.